The molecule has 0 spiro atoms. The first-order chi connectivity index (χ1) is 17.1. The fraction of sp³-hybridized carbons (Fsp3) is 0.296. The van der Waals surface area contributed by atoms with Crippen molar-refractivity contribution in [2.24, 2.45) is 0 Å². The number of hydrogen-bond donors (Lipinski definition) is 2. The van der Waals surface area contributed by atoms with Crippen LogP contribution in [0.1, 0.15) is 47.0 Å². The molecule has 1 unspecified atom stereocenters. The molecular weight excluding hydrogens is 462 g/mol. The highest BCUT2D eigenvalue weighted by Gasteiger charge is 2.34. The Morgan fingerprint density at radius 1 is 1.03 bits per heavy atom. The second-order valence-corrected chi connectivity index (χ2v) is 9.38. The first-order valence-corrected chi connectivity index (χ1v) is 12.6. The van der Waals surface area contributed by atoms with Crippen LogP contribution in [-0.4, -0.2) is 37.4 Å². The predicted octanol–water partition coefficient (Wildman–Crippen LogP) is 4.32. The number of anilines is 1. The van der Waals surface area contributed by atoms with Crippen molar-refractivity contribution >= 4 is 34.7 Å². The Kier molecular flexibility index (Phi) is 8.15. The van der Waals surface area contributed by atoms with Crippen LogP contribution in [0.4, 0.5) is 5.69 Å². The summed E-state index contributed by atoms with van der Waals surface area (Å²) in [6.07, 6.45) is 4.00. The zero-order valence-corrected chi connectivity index (χ0v) is 20.4. The summed E-state index contributed by atoms with van der Waals surface area (Å²) >= 11 is 1.30. The van der Waals surface area contributed by atoms with E-state index in [1.165, 1.54) is 16.2 Å². The molecule has 1 aliphatic carbocycles. The van der Waals surface area contributed by atoms with Crippen LogP contribution in [-0.2, 0) is 9.59 Å². The molecule has 0 radical (unpaired) electrons. The zero-order valence-electron chi connectivity index (χ0n) is 19.6. The van der Waals surface area contributed by atoms with Gasteiger partial charge in [-0.2, -0.15) is 0 Å². The first kappa shape index (κ1) is 24.5. The molecule has 7 nitrogen and oxygen atoms in total. The molecule has 2 aromatic carbocycles. The number of thiophene rings is 1. The average Bonchev–Trinajstić information content (AvgIpc) is 3.61. The van der Waals surface area contributed by atoms with Crippen LogP contribution in [0.5, 0.6) is 5.75 Å². The Hall–Kier alpha value is -3.65. The number of methoxy groups -OCH3 is 1. The number of ether oxygens (including phenoxy) is 1. The Morgan fingerprint density at radius 2 is 1.80 bits per heavy atom. The van der Waals surface area contributed by atoms with Gasteiger partial charge >= 0.3 is 0 Å². The average molecular weight is 492 g/mol. The van der Waals surface area contributed by atoms with Crippen LogP contribution < -0.4 is 20.3 Å². The number of carbonyl (C=O) groups excluding carboxylic acids is 3. The standard InChI is InChI=1S/C27H29N3O4S/c1-34-22-14-7-9-19(17-22)25(27(33)29-20-10-5-6-11-20)30(21-12-3-2-4-13-21)24(31)18-28-26(32)23-15-8-16-35-23/h2-4,7-9,12-17,20,25H,5-6,10-11,18H2,1H3,(H,28,32)(H,29,33). The molecule has 1 fully saturated rings. The maximum Gasteiger partial charge on any atom is 0.261 e. The summed E-state index contributed by atoms with van der Waals surface area (Å²) < 4.78 is 5.39. The number of benzene rings is 2. The Morgan fingerprint density at radius 3 is 2.49 bits per heavy atom. The second-order valence-electron chi connectivity index (χ2n) is 8.43. The van der Waals surface area contributed by atoms with Crippen LogP contribution in [0.3, 0.4) is 0 Å². The minimum Gasteiger partial charge on any atom is -0.497 e. The fourth-order valence-electron chi connectivity index (χ4n) is 4.34. The summed E-state index contributed by atoms with van der Waals surface area (Å²) in [6, 6.07) is 18.9. The number of nitrogens with zero attached hydrogens (tertiary/aromatic N) is 1. The summed E-state index contributed by atoms with van der Waals surface area (Å²) in [5.41, 5.74) is 1.19. The molecule has 1 aromatic heterocycles. The molecule has 1 aliphatic rings. The molecule has 35 heavy (non-hydrogen) atoms. The molecule has 0 bridgehead atoms. The van der Waals surface area contributed by atoms with E-state index in [-0.39, 0.29) is 24.4 Å². The van der Waals surface area contributed by atoms with Crippen LogP contribution >= 0.6 is 11.3 Å². The fourth-order valence-corrected chi connectivity index (χ4v) is 4.98. The lowest BCUT2D eigenvalue weighted by atomic mass is 10.0. The van der Waals surface area contributed by atoms with Crippen LogP contribution in [0.15, 0.2) is 72.1 Å². The summed E-state index contributed by atoms with van der Waals surface area (Å²) in [7, 11) is 1.56. The van der Waals surface area contributed by atoms with E-state index in [9.17, 15) is 14.4 Å². The Balaban J connectivity index is 1.68. The van der Waals surface area contributed by atoms with Gasteiger partial charge in [0.15, 0.2) is 0 Å². The monoisotopic (exact) mass is 491 g/mol. The maximum atomic E-state index is 13.7. The number of amides is 3. The van der Waals surface area contributed by atoms with E-state index in [1.807, 2.05) is 24.3 Å². The van der Waals surface area contributed by atoms with Gasteiger partial charge in [-0.15, -0.1) is 11.3 Å². The quantitative estimate of drug-likeness (QED) is 0.467. The van der Waals surface area contributed by atoms with E-state index in [0.29, 0.717) is 21.9 Å². The number of hydrogen-bond acceptors (Lipinski definition) is 5. The molecule has 0 saturated heterocycles. The number of carbonyl (C=O) groups is 3. The van der Waals surface area contributed by atoms with Gasteiger partial charge in [0.05, 0.1) is 18.5 Å². The van der Waals surface area contributed by atoms with Gasteiger partial charge in [0.1, 0.15) is 11.8 Å². The summed E-state index contributed by atoms with van der Waals surface area (Å²) in [5.74, 6) is -0.384. The molecule has 3 aromatic rings. The van der Waals surface area contributed by atoms with E-state index in [4.69, 9.17) is 4.74 Å². The molecule has 8 heteroatoms. The lowest BCUT2D eigenvalue weighted by molar-refractivity contribution is -0.126. The van der Waals surface area contributed by atoms with Crippen LogP contribution in [0.25, 0.3) is 0 Å². The molecule has 1 heterocycles. The molecule has 1 atom stereocenters. The van der Waals surface area contributed by atoms with E-state index >= 15 is 0 Å². The lowest BCUT2D eigenvalue weighted by Gasteiger charge is -2.32. The molecular formula is C27H29N3O4S. The normalized spacial score (nSPS) is 14.2. The van der Waals surface area contributed by atoms with Crippen LogP contribution in [0, 0.1) is 0 Å². The van der Waals surface area contributed by atoms with E-state index in [2.05, 4.69) is 10.6 Å². The summed E-state index contributed by atoms with van der Waals surface area (Å²) in [5, 5.41) is 7.65. The van der Waals surface area contributed by atoms with Crippen molar-refractivity contribution in [3.05, 3.63) is 82.6 Å². The molecule has 4 rings (SSSR count). The minimum atomic E-state index is -0.931. The van der Waals surface area contributed by atoms with Gasteiger partial charge in [-0.1, -0.05) is 49.2 Å². The molecule has 182 valence electrons. The van der Waals surface area contributed by atoms with Crippen molar-refractivity contribution in [2.75, 3.05) is 18.6 Å². The van der Waals surface area contributed by atoms with Gasteiger partial charge in [-0.3, -0.25) is 19.3 Å². The van der Waals surface area contributed by atoms with Crippen molar-refractivity contribution in [3.63, 3.8) is 0 Å². The predicted molar refractivity (Wildman–Crippen MR) is 137 cm³/mol. The molecule has 3 amide bonds. The van der Waals surface area contributed by atoms with E-state index in [1.54, 1.807) is 55.0 Å². The van der Waals surface area contributed by atoms with Gasteiger partial charge in [0, 0.05) is 11.7 Å². The van der Waals surface area contributed by atoms with Crippen molar-refractivity contribution in [1.82, 2.24) is 10.6 Å². The molecule has 2 N–H and O–H groups in total. The maximum absolute atomic E-state index is 13.7. The SMILES string of the molecule is COc1cccc(C(C(=O)NC2CCCC2)N(C(=O)CNC(=O)c2cccs2)c2ccccc2)c1. The molecule has 0 aliphatic heterocycles. The van der Waals surface area contributed by atoms with E-state index in [0.717, 1.165) is 25.7 Å². The van der Waals surface area contributed by atoms with Crippen LogP contribution in [0.2, 0.25) is 0 Å². The highest BCUT2D eigenvalue weighted by atomic mass is 32.1. The van der Waals surface area contributed by atoms with Gasteiger partial charge in [0.2, 0.25) is 11.8 Å². The highest BCUT2D eigenvalue weighted by molar-refractivity contribution is 7.12. The first-order valence-electron chi connectivity index (χ1n) is 11.7. The van der Waals surface area contributed by atoms with Gasteiger partial charge in [-0.25, -0.2) is 0 Å². The topological polar surface area (TPSA) is 87.7 Å². The smallest absolute Gasteiger partial charge is 0.261 e. The lowest BCUT2D eigenvalue weighted by Crippen LogP contribution is -2.49. The Labute approximate surface area is 209 Å². The molecule has 1 saturated carbocycles. The summed E-state index contributed by atoms with van der Waals surface area (Å²) in [6.45, 7) is -0.247. The number of rotatable bonds is 9. The van der Waals surface area contributed by atoms with Crippen molar-refractivity contribution in [1.29, 1.82) is 0 Å². The largest absolute Gasteiger partial charge is 0.497 e. The number of nitrogens with one attached hydrogen (secondary N) is 2. The third-order valence-corrected chi connectivity index (χ3v) is 6.93. The van der Waals surface area contributed by atoms with Crippen molar-refractivity contribution < 1.29 is 19.1 Å². The third kappa shape index (κ3) is 6.08. The highest BCUT2D eigenvalue weighted by Crippen LogP contribution is 2.31. The minimum absolute atomic E-state index is 0.0851. The van der Waals surface area contributed by atoms with Crippen molar-refractivity contribution in [2.45, 2.75) is 37.8 Å². The zero-order chi connectivity index (χ0) is 24.6. The van der Waals surface area contributed by atoms with Gasteiger partial charge < -0.3 is 15.4 Å². The number of para-hydroxylation sites is 1. The van der Waals surface area contributed by atoms with Crippen molar-refractivity contribution in [3.8, 4) is 5.75 Å². The summed E-state index contributed by atoms with van der Waals surface area (Å²) in [4.78, 5) is 41.8. The second kappa shape index (κ2) is 11.7. The van der Waals surface area contributed by atoms with Gasteiger partial charge in [-0.05, 0) is 54.1 Å². The van der Waals surface area contributed by atoms with E-state index < -0.39 is 11.9 Å². The van der Waals surface area contributed by atoms with Gasteiger partial charge in [0.25, 0.3) is 5.91 Å². The third-order valence-electron chi connectivity index (χ3n) is 6.07. The Bertz CT molecular complexity index is 1140.